The van der Waals surface area contributed by atoms with Gasteiger partial charge in [0.2, 0.25) is 5.95 Å². The maximum Gasteiger partial charge on any atom is 0.235 e. The zero-order valence-corrected chi connectivity index (χ0v) is 41.0. The second kappa shape index (κ2) is 17.7. The van der Waals surface area contributed by atoms with Crippen LogP contribution >= 0.6 is 0 Å². The predicted molar refractivity (Wildman–Crippen MR) is 310 cm³/mol. The molecular formula is C68H44N8. The van der Waals surface area contributed by atoms with E-state index in [1.807, 2.05) is 72.9 Å². The first kappa shape index (κ1) is 43.3. The lowest BCUT2D eigenvalue weighted by atomic mass is 9.99. The molecule has 0 saturated heterocycles. The van der Waals surface area contributed by atoms with Gasteiger partial charge in [0.05, 0.1) is 32.9 Å². The average molecular weight is 973 g/mol. The highest BCUT2D eigenvalue weighted by atomic mass is 15.2. The minimum absolute atomic E-state index is 0.466. The summed E-state index contributed by atoms with van der Waals surface area (Å²) in [4.78, 5) is 25.4. The van der Waals surface area contributed by atoms with E-state index in [-0.39, 0.29) is 0 Å². The molecule has 5 heterocycles. The molecule has 0 radical (unpaired) electrons. The van der Waals surface area contributed by atoms with Gasteiger partial charge in [-0.25, -0.2) is 24.9 Å². The molecule has 0 fully saturated rings. The Morgan fingerprint density at radius 1 is 0.329 bits per heavy atom. The van der Waals surface area contributed by atoms with Crippen LogP contribution in [-0.4, -0.2) is 38.6 Å². The highest BCUT2D eigenvalue weighted by Gasteiger charge is 2.20. The van der Waals surface area contributed by atoms with Gasteiger partial charge in [-0.1, -0.05) is 164 Å². The van der Waals surface area contributed by atoms with Crippen LogP contribution < -0.4 is 10.6 Å². The molecule has 1 aliphatic carbocycles. The molecule has 356 valence electrons. The summed E-state index contributed by atoms with van der Waals surface area (Å²) in [5, 5.41) is 8.06. The first-order valence-corrected chi connectivity index (χ1v) is 25.6. The minimum atomic E-state index is 0.466. The second-order valence-corrected chi connectivity index (χ2v) is 19.2. The molecule has 0 N–H and O–H groups in total. The monoisotopic (exact) mass is 972 g/mol. The van der Waals surface area contributed by atoms with Gasteiger partial charge < -0.3 is 9.13 Å². The lowest BCUT2D eigenvalue weighted by Crippen LogP contribution is -2.29. The molecule has 5 aromatic heterocycles. The van der Waals surface area contributed by atoms with E-state index >= 15 is 0 Å². The Hall–Kier alpha value is -10.3. The summed E-state index contributed by atoms with van der Waals surface area (Å²) < 4.78 is 6.94. The molecule has 0 bridgehead atoms. The van der Waals surface area contributed by atoms with Gasteiger partial charge in [0.1, 0.15) is 5.69 Å². The van der Waals surface area contributed by atoms with E-state index < -0.39 is 0 Å². The Kier molecular flexibility index (Phi) is 10.1. The number of rotatable bonds is 8. The summed E-state index contributed by atoms with van der Waals surface area (Å²) in [5.74, 6) is 2.14. The van der Waals surface area contributed by atoms with Crippen LogP contribution in [0.2, 0.25) is 0 Å². The molecule has 0 unspecified atom stereocenters. The zero-order valence-electron chi connectivity index (χ0n) is 41.0. The van der Waals surface area contributed by atoms with E-state index in [1.54, 1.807) is 0 Å². The quantitative estimate of drug-likeness (QED) is 0.152. The van der Waals surface area contributed by atoms with Crippen LogP contribution in [0.25, 0.3) is 135 Å². The van der Waals surface area contributed by atoms with Crippen LogP contribution in [-0.2, 0) is 0 Å². The third-order valence-electron chi connectivity index (χ3n) is 14.8. The third kappa shape index (κ3) is 7.18. The molecule has 0 aliphatic heterocycles. The number of aromatic nitrogens is 8. The molecule has 76 heavy (non-hydrogen) atoms. The van der Waals surface area contributed by atoms with Crippen LogP contribution in [0.5, 0.6) is 0 Å². The number of nitrogens with zero attached hydrogens (tertiary/aromatic N) is 8. The van der Waals surface area contributed by atoms with Gasteiger partial charge in [-0.2, -0.15) is 0 Å². The third-order valence-corrected chi connectivity index (χ3v) is 14.8. The summed E-state index contributed by atoms with van der Waals surface area (Å²) >= 11 is 0. The molecule has 1 aliphatic rings. The summed E-state index contributed by atoms with van der Waals surface area (Å²) in [6.07, 6.45) is 9.52. The number of fused-ring (bicyclic) bond motifs is 9. The molecule has 0 amide bonds. The van der Waals surface area contributed by atoms with Crippen molar-refractivity contribution in [3.63, 3.8) is 0 Å². The normalized spacial score (nSPS) is 12.4. The lowest BCUT2D eigenvalue weighted by Gasteiger charge is -2.10. The molecule has 0 saturated carbocycles. The van der Waals surface area contributed by atoms with Gasteiger partial charge >= 0.3 is 0 Å². The maximum absolute atomic E-state index is 5.33. The van der Waals surface area contributed by atoms with E-state index in [9.17, 15) is 0 Å². The van der Waals surface area contributed by atoms with Crippen LogP contribution in [0.15, 0.2) is 243 Å². The van der Waals surface area contributed by atoms with Crippen LogP contribution in [0.4, 0.5) is 0 Å². The Morgan fingerprint density at radius 2 is 0.789 bits per heavy atom. The van der Waals surface area contributed by atoms with Gasteiger partial charge in [-0.3, -0.25) is 4.57 Å². The van der Waals surface area contributed by atoms with Gasteiger partial charge in [0.25, 0.3) is 0 Å². The maximum atomic E-state index is 5.33. The standard InChI is InChI=1S/C68H44N8/c1-5-18-44(19-6-1)65-71-66(45-20-7-2-8-21-45)73-67(72-65)58-38-39-69-68(70-58)76-61-31-17-22-46(47-32-35-62-54(41-47)52-27-13-15-29-59(52)74(62)50-23-9-3-10-24-50)40-56(61)57-43-49(34-37-64(57)76)48-33-36-63-55(42-48)53-28-14-16-30-60(53)75(63)51-25-11-4-12-26-51/h1-16,18-43H,17H2. The van der Waals surface area contributed by atoms with Crippen molar-refractivity contribution >= 4 is 72.2 Å². The summed E-state index contributed by atoms with van der Waals surface area (Å²) in [5.41, 5.74) is 14.9. The first-order chi connectivity index (χ1) is 37.7. The SMILES string of the molecule is C1=C(c2ccc3c(c2)c2ccccc2n3-c2ccccc2)C=c2c(n(-c3nccc(-c4nc(-c5ccccc5)nc(-c5ccccc5)n4)n3)c3ccc(-c4ccc5c(c4)c4ccccc4n5-c4ccccc4)cc23)=CC1. The van der Waals surface area contributed by atoms with Crippen molar-refractivity contribution in [3.8, 4) is 62.7 Å². The van der Waals surface area contributed by atoms with Crippen LogP contribution in [0, 0.1) is 0 Å². The van der Waals surface area contributed by atoms with Gasteiger partial charge in [-0.15, -0.1) is 0 Å². The van der Waals surface area contributed by atoms with Crippen molar-refractivity contribution in [2.45, 2.75) is 6.42 Å². The first-order valence-electron chi connectivity index (χ1n) is 25.6. The van der Waals surface area contributed by atoms with Crippen molar-refractivity contribution in [2.24, 2.45) is 0 Å². The van der Waals surface area contributed by atoms with E-state index in [4.69, 9.17) is 24.9 Å². The second-order valence-electron chi connectivity index (χ2n) is 19.2. The fourth-order valence-corrected chi connectivity index (χ4v) is 11.3. The number of hydrogen-bond acceptors (Lipinski definition) is 5. The fourth-order valence-electron chi connectivity index (χ4n) is 11.3. The lowest BCUT2D eigenvalue weighted by molar-refractivity contribution is 0.927. The number of benzene rings is 9. The average Bonchev–Trinajstić information content (AvgIpc) is 4.06. The zero-order chi connectivity index (χ0) is 50.1. The molecular weight excluding hydrogens is 929 g/mol. The van der Waals surface area contributed by atoms with Gasteiger partial charge in [0.15, 0.2) is 17.5 Å². The van der Waals surface area contributed by atoms with E-state index in [0.29, 0.717) is 35.5 Å². The highest BCUT2D eigenvalue weighted by molar-refractivity contribution is 6.12. The van der Waals surface area contributed by atoms with Crippen molar-refractivity contribution in [1.82, 2.24) is 38.6 Å². The highest BCUT2D eigenvalue weighted by Crippen LogP contribution is 2.37. The summed E-state index contributed by atoms with van der Waals surface area (Å²) in [6, 6.07) is 81.2. The smallest absolute Gasteiger partial charge is 0.235 e. The molecule has 15 rings (SSSR count). The Morgan fingerprint density at radius 3 is 1.37 bits per heavy atom. The van der Waals surface area contributed by atoms with Crippen molar-refractivity contribution in [3.05, 3.63) is 259 Å². The van der Waals surface area contributed by atoms with E-state index in [1.165, 1.54) is 43.6 Å². The Labute approximate surface area is 436 Å². The van der Waals surface area contributed by atoms with Crippen LogP contribution in [0.3, 0.4) is 0 Å². The Bertz CT molecular complexity index is 4710. The summed E-state index contributed by atoms with van der Waals surface area (Å²) in [7, 11) is 0. The number of allylic oxidation sites excluding steroid dienone is 2. The number of hydrogen-bond donors (Lipinski definition) is 0. The van der Waals surface area contributed by atoms with Gasteiger partial charge in [0, 0.05) is 60.8 Å². The molecule has 0 atom stereocenters. The largest absolute Gasteiger partial charge is 0.309 e. The van der Waals surface area contributed by atoms with Crippen LogP contribution in [0.1, 0.15) is 12.0 Å². The van der Waals surface area contributed by atoms with E-state index in [2.05, 4.69) is 196 Å². The minimum Gasteiger partial charge on any atom is -0.309 e. The Balaban J connectivity index is 0.926. The predicted octanol–water partition coefficient (Wildman–Crippen LogP) is 14.5. The molecule has 8 heteroatoms. The molecule has 9 aromatic carbocycles. The molecule has 8 nitrogen and oxygen atoms in total. The number of para-hydroxylation sites is 4. The molecule has 0 spiro atoms. The molecule has 14 aromatic rings. The fraction of sp³-hybridized carbons (Fsp3) is 0.0147. The van der Waals surface area contributed by atoms with Crippen molar-refractivity contribution in [1.29, 1.82) is 0 Å². The topological polar surface area (TPSA) is 79.2 Å². The van der Waals surface area contributed by atoms with Gasteiger partial charge in [-0.05, 0) is 114 Å². The van der Waals surface area contributed by atoms with Crippen molar-refractivity contribution in [2.75, 3.05) is 0 Å². The summed E-state index contributed by atoms with van der Waals surface area (Å²) in [6.45, 7) is 0. The van der Waals surface area contributed by atoms with E-state index in [0.717, 1.165) is 66.2 Å². The van der Waals surface area contributed by atoms with Crippen molar-refractivity contribution < 1.29 is 0 Å².